The molecule has 5 nitrogen and oxygen atoms in total. The van der Waals surface area contributed by atoms with E-state index in [1.54, 1.807) is 13.8 Å². The van der Waals surface area contributed by atoms with Gasteiger partial charge >= 0.3 is 0 Å². The van der Waals surface area contributed by atoms with Crippen molar-refractivity contribution in [2.75, 3.05) is 0 Å². The van der Waals surface area contributed by atoms with Gasteiger partial charge in [0, 0.05) is 31.1 Å². The van der Waals surface area contributed by atoms with E-state index in [4.69, 9.17) is 0 Å². The summed E-state index contributed by atoms with van der Waals surface area (Å²) in [5, 5.41) is 21.5. The van der Waals surface area contributed by atoms with Crippen molar-refractivity contribution < 1.29 is 14.8 Å². The molecule has 1 aliphatic carbocycles. The number of carbonyl (C=O) groups is 1. The molecule has 3 atom stereocenters. The standard InChI is InChI=1S/C12H21NO4/c1-4-10(14)9-8-11(3,13(16)17)6-7-12(9,15)5-2/h9,15H,4-8H2,1-3H3/t9-,11-,12+/m1/s1. The summed E-state index contributed by atoms with van der Waals surface area (Å²) in [5.41, 5.74) is -2.13. The minimum Gasteiger partial charge on any atom is -0.389 e. The van der Waals surface area contributed by atoms with Gasteiger partial charge in [-0.1, -0.05) is 13.8 Å². The Morgan fingerprint density at radius 2 is 2.06 bits per heavy atom. The van der Waals surface area contributed by atoms with E-state index in [0.717, 1.165) is 0 Å². The average molecular weight is 243 g/mol. The molecule has 0 radical (unpaired) electrons. The predicted molar refractivity (Wildman–Crippen MR) is 63.3 cm³/mol. The molecule has 0 heterocycles. The molecule has 0 aliphatic heterocycles. The van der Waals surface area contributed by atoms with E-state index < -0.39 is 17.1 Å². The first-order valence-corrected chi connectivity index (χ1v) is 6.18. The summed E-state index contributed by atoms with van der Waals surface area (Å²) in [6, 6.07) is 0. The lowest BCUT2D eigenvalue weighted by Gasteiger charge is -2.42. The Labute approximate surface area is 101 Å². The first kappa shape index (κ1) is 14.1. The van der Waals surface area contributed by atoms with Crippen LogP contribution in [0.1, 0.15) is 52.9 Å². The lowest BCUT2D eigenvalue weighted by Crippen LogP contribution is -2.53. The Balaban J connectivity index is 3.00. The van der Waals surface area contributed by atoms with Crippen LogP contribution in [0, 0.1) is 16.0 Å². The third-order valence-electron chi connectivity index (χ3n) is 4.18. The molecule has 1 saturated carbocycles. The summed E-state index contributed by atoms with van der Waals surface area (Å²) in [6.07, 6.45) is 1.60. The van der Waals surface area contributed by atoms with E-state index in [9.17, 15) is 20.0 Å². The van der Waals surface area contributed by atoms with E-state index in [1.807, 2.05) is 6.92 Å². The number of aliphatic hydroxyl groups is 1. The number of Topliss-reactive ketones (excluding diaryl/α,β-unsaturated/α-hetero) is 1. The first-order chi connectivity index (χ1) is 7.79. The van der Waals surface area contributed by atoms with Gasteiger partial charge in [-0.2, -0.15) is 0 Å². The van der Waals surface area contributed by atoms with Gasteiger partial charge in [-0.25, -0.2) is 0 Å². The Kier molecular flexibility index (Phi) is 3.91. The van der Waals surface area contributed by atoms with Crippen molar-refractivity contribution in [3.8, 4) is 0 Å². The highest BCUT2D eigenvalue weighted by Gasteiger charge is 2.53. The Morgan fingerprint density at radius 1 is 1.47 bits per heavy atom. The van der Waals surface area contributed by atoms with Gasteiger partial charge in [0.2, 0.25) is 5.54 Å². The number of nitro groups is 1. The number of hydrogen-bond donors (Lipinski definition) is 1. The van der Waals surface area contributed by atoms with Crippen LogP contribution in [0.4, 0.5) is 0 Å². The molecular formula is C12H21NO4. The third-order valence-corrected chi connectivity index (χ3v) is 4.18. The number of hydrogen-bond acceptors (Lipinski definition) is 4. The number of nitrogens with zero attached hydrogens (tertiary/aromatic N) is 1. The minimum atomic E-state index is -1.07. The number of ketones is 1. The van der Waals surface area contributed by atoms with Gasteiger partial charge in [0.05, 0.1) is 11.5 Å². The zero-order valence-corrected chi connectivity index (χ0v) is 10.7. The highest BCUT2D eigenvalue weighted by molar-refractivity contribution is 5.82. The van der Waals surface area contributed by atoms with Crippen LogP contribution in [-0.2, 0) is 4.79 Å². The molecule has 5 heteroatoms. The zero-order valence-electron chi connectivity index (χ0n) is 10.7. The molecule has 1 fully saturated rings. The molecule has 1 N–H and O–H groups in total. The molecule has 98 valence electrons. The average Bonchev–Trinajstić information content (AvgIpc) is 2.31. The second kappa shape index (κ2) is 4.72. The SMILES string of the molecule is CCC(=O)[C@H]1C[C@](C)([N+](=O)[O-])CC[C@@]1(O)CC. The quantitative estimate of drug-likeness (QED) is 0.604. The maximum Gasteiger partial charge on any atom is 0.220 e. The van der Waals surface area contributed by atoms with Crippen molar-refractivity contribution in [2.45, 2.75) is 64.0 Å². The summed E-state index contributed by atoms with van der Waals surface area (Å²) < 4.78 is 0. The van der Waals surface area contributed by atoms with Gasteiger partial charge in [0.1, 0.15) is 5.78 Å². The van der Waals surface area contributed by atoms with Crippen molar-refractivity contribution in [2.24, 2.45) is 5.92 Å². The van der Waals surface area contributed by atoms with E-state index in [2.05, 4.69) is 0 Å². The molecule has 1 rings (SSSR count). The summed E-state index contributed by atoms with van der Waals surface area (Å²) in [4.78, 5) is 22.6. The van der Waals surface area contributed by atoms with Crippen LogP contribution in [0.2, 0.25) is 0 Å². The van der Waals surface area contributed by atoms with Gasteiger partial charge in [-0.3, -0.25) is 14.9 Å². The fourth-order valence-electron chi connectivity index (χ4n) is 2.64. The topological polar surface area (TPSA) is 80.4 Å². The second-order valence-corrected chi connectivity index (χ2v) is 5.29. The summed E-state index contributed by atoms with van der Waals surface area (Å²) >= 11 is 0. The summed E-state index contributed by atoms with van der Waals surface area (Å²) in [6.45, 7) is 5.12. The largest absolute Gasteiger partial charge is 0.389 e. The summed E-state index contributed by atoms with van der Waals surface area (Å²) in [7, 11) is 0. The molecule has 0 unspecified atom stereocenters. The predicted octanol–water partition coefficient (Wildman–Crippen LogP) is 1.94. The van der Waals surface area contributed by atoms with Crippen LogP contribution in [0.25, 0.3) is 0 Å². The molecule has 0 aromatic rings. The maximum absolute atomic E-state index is 11.9. The van der Waals surface area contributed by atoms with Gasteiger partial charge in [-0.05, 0) is 12.8 Å². The molecule has 0 amide bonds. The van der Waals surface area contributed by atoms with Crippen LogP contribution in [-0.4, -0.2) is 27.0 Å². The van der Waals surface area contributed by atoms with Crippen molar-refractivity contribution in [3.63, 3.8) is 0 Å². The molecule has 0 bridgehead atoms. The molecule has 0 aromatic carbocycles. The monoisotopic (exact) mass is 243 g/mol. The van der Waals surface area contributed by atoms with E-state index in [-0.39, 0.29) is 17.1 Å². The van der Waals surface area contributed by atoms with Gasteiger partial charge in [0.15, 0.2) is 0 Å². The lowest BCUT2D eigenvalue weighted by molar-refractivity contribution is -0.573. The molecule has 0 spiro atoms. The molecular weight excluding hydrogens is 222 g/mol. The maximum atomic E-state index is 11.9. The zero-order chi connectivity index (χ0) is 13.3. The number of carbonyl (C=O) groups excluding carboxylic acids is 1. The van der Waals surface area contributed by atoms with Gasteiger partial charge in [0.25, 0.3) is 0 Å². The van der Waals surface area contributed by atoms with Crippen LogP contribution in [0.5, 0.6) is 0 Å². The van der Waals surface area contributed by atoms with Crippen molar-refractivity contribution in [1.82, 2.24) is 0 Å². The van der Waals surface area contributed by atoms with E-state index >= 15 is 0 Å². The highest BCUT2D eigenvalue weighted by Crippen LogP contribution is 2.43. The Bertz CT molecular complexity index is 330. The van der Waals surface area contributed by atoms with Crippen LogP contribution >= 0.6 is 0 Å². The summed E-state index contributed by atoms with van der Waals surface area (Å²) in [5.74, 6) is -0.663. The van der Waals surface area contributed by atoms with Crippen molar-refractivity contribution >= 4 is 5.78 Å². The number of rotatable bonds is 4. The van der Waals surface area contributed by atoms with E-state index in [0.29, 0.717) is 25.7 Å². The Morgan fingerprint density at radius 3 is 2.47 bits per heavy atom. The van der Waals surface area contributed by atoms with Gasteiger partial charge < -0.3 is 5.11 Å². The van der Waals surface area contributed by atoms with Crippen molar-refractivity contribution in [3.05, 3.63) is 10.1 Å². The fourth-order valence-corrected chi connectivity index (χ4v) is 2.64. The van der Waals surface area contributed by atoms with Crippen LogP contribution < -0.4 is 0 Å². The minimum absolute atomic E-state index is 0.0675. The normalized spacial score (nSPS) is 37.8. The second-order valence-electron chi connectivity index (χ2n) is 5.29. The first-order valence-electron chi connectivity index (χ1n) is 6.18. The van der Waals surface area contributed by atoms with Crippen molar-refractivity contribution in [1.29, 1.82) is 0 Å². The van der Waals surface area contributed by atoms with Crippen LogP contribution in [0.3, 0.4) is 0 Å². The third kappa shape index (κ3) is 2.49. The molecule has 17 heavy (non-hydrogen) atoms. The smallest absolute Gasteiger partial charge is 0.220 e. The molecule has 0 aromatic heterocycles. The lowest BCUT2D eigenvalue weighted by atomic mass is 9.65. The molecule has 0 saturated heterocycles. The molecule has 1 aliphatic rings. The van der Waals surface area contributed by atoms with Crippen LogP contribution in [0.15, 0.2) is 0 Å². The fraction of sp³-hybridized carbons (Fsp3) is 0.917. The highest BCUT2D eigenvalue weighted by atomic mass is 16.6. The van der Waals surface area contributed by atoms with Gasteiger partial charge in [-0.15, -0.1) is 0 Å². The van der Waals surface area contributed by atoms with E-state index in [1.165, 1.54) is 0 Å². The Hall–Kier alpha value is -0.970.